The molecular weight excluding hydrogens is 425 g/mol. The fourth-order valence-electron chi connectivity index (χ4n) is 2.14. The summed E-state index contributed by atoms with van der Waals surface area (Å²) in [5, 5.41) is 16.4. The van der Waals surface area contributed by atoms with Crippen molar-refractivity contribution in [2.24, 2.45) is 0 Å². The van der Waals surface area contributed by atoms with Gasteiger partial charge in [0.2, 0.25) is 0 Å². The van der Waals surface area contributed by atoms with Gasteiger partial charge in [-0.1, -0.05) is 11.6 Å². The highest BCUT2D eigenvalue weighted by atomic mass is 35.5. The lowest BCUT2D eigenvalue weighted by Crippen LogP contribution is -2.16. The summed E-state index contributed by atoms with van der Waals surface area (Å²) in [6, 6.07) is 4.17. The minimum Gasteiger partial charge on any atom is -0.378 e. The first-order valence-electron chi connectivity index (χ1n) is 7.58. The maximum absolute atomic E-state index is 12.6. The van der Waals surface area contributed by atoms with E-state index < -0.39 is 32.2 Å². The summed E-state index contributed by atoms with van der Waals surface area (Å²) in [6.45, 7) is 0.251. The molecule has 152 valence electrons. The van der Waals surface area contributed by atoms with E-state index in [-0.39, 0.29) is 34.5 Å². The van der Waals surface area contributed by atoms with Crippen LogP contribution in [0.2, 0.25) is 5.02 Å². The summed E-state index contributed by atoms with van der Waals surface area (Å²) in [7, 11) is -3.60. The SMILES string of the molecule is CS(=O)(=O)c1ccc(NCCNc2ncc(C(F)(F)F)cc2Cl)c([N+](=O)[O-])c1. The average Bonchev–Trinajstić information content (AvgIpc) is 2.57. The quantitative estimate of drug-likeness (QED) is 0.385. The summed E-state index contributed by atoms with van der Waals surface area (Å²) in [5.74, 6) is 0.0263. The number of hydrogen-bond donors (Lipinski definition) is 2. The van der Waals surface area contributed by atoms with E-state index in [1.165, 1.54) is 12.1 Å². The fraction of sp³-hybridized carbons (Fsp3) is 0.267. The number of nitrogens with one attached hydrogen (secondary N) is 2. The zero-order valence-corrected chi connectivity index (χ0v) is 15.8. The lowest BCUT2D eigenvalue weighted by Gasteiger charge is -2.12. The molecule has 0 saturated heterocycles. The predicted molar refractivity (Wildman–Crippen MR) is 97.4 cm³/mol. The molecule has 0 fully saturated rings. The maximum atomic E-state index is 12.6. The molecule has 2 N–H and O–H groups in total. The summed E-state index contributed by atoms with van der Waals surface area (Å²) >= 11 is 5.77. The molecule has 0 unspecified atom stereocenters. The number of aromatic nitrogens is 1. The van der Waals surface area contributed by atoms with Crippen molar-refractivity contribution in [3.63, 3.8) is 0 Å². The fourth-order valence-corrected chi connectivity index (χ4v) is 3.02. The van der Waals surface area contributed by atoms with E-state index in [1.54, 1.807) is 0 Å². The number of sulfone groups is 1. The van der Waals surface area contributed by atoms with Gasteiger partial charge in [0.05, 0.1) is 20.4 Å². The van der Waals surface area contributed by atoms with E-state index in [0.29, 0.717) is 6.20 Å². The minimum absolute atomic E-state index is 0.0263. The van der Waals surface area contributed by atoms with E-state index in [1.807, 2.05) is 0 Å². The number of nitro benzene ring substituents is 1. The van der Waals surface area contributed by atoms with Gasteiger partial charge in [-0.2, -0.15) is 13.2 Å². The van der Waals surface area contributed by atoms with Crippen LogP contribution in [0.3, 0.4) is 0 Å². The molecule has 0 radical (unpaired) electrons. The van der Waals surface area contributed by atoms with Gasteiger partial charge in [0.25, 0.3) is 5.69 Å². The summed E-state index contributed by atoms with van der Waals surface area (Å²) in [4.78, 5) is 13.8. The Kier molecular flexibility index (Phi) is 6.34. The second kappa shape index (κ2) is 8.19. The van der Waals surface area contributed by atoms with Crippen molar-refractivity contribution in [2.75, 3.05) is 30.0 Å². The van der Waals surface area contributed by atoms with Gasteiger partial charge in [0, 0.05) is 31.6 Å². The third kappa shape index (κ3) is 5.45. The highest BCUT2D eigenvalue weighted by Gasteiger charge is 2.31. The molecule has 1 heterocycles. The topological polar surface area (TPSA) is 114 Å². The average molecular weight is 439 g/mol. The number of halogens is 4. The molecule has 0 spiro atoms. The number of pyridine rings is 1. The van der Waals surface area contributed by atoms with Gasteiger partial charge in [-0.15, -0.1) is 0 Å². The van der Waals surface area contributed by atoms with E-state index in [4.69, 9.17) is 11.6 Å². The predicted octanol–water partition coefficient (Wildman–Crippen LogP) is 3.59. The van der Waals surface area contributed by atoms with Crippen LogP contribution in [-0.2, 0) is 16.0 Å². The van der Waals surface area contributed by atoms with Gasteiger partial charge in [-0.25, -0.2) is 13.4 Å². The Hall–Kier alpha value is -2.60. The largest absolute Gasteiger partial charge is 0.417 e. The molecule has 0 aliphatic rings. The Morgan fingerprint density at radius 3 is 2.39 bits per heavy atom. The molecule has 0 aliphatic heterocycles. The standard InChI is InChI=1S/C15H14ClF3N4O4S/c1-28(26,27)10-2-3-12(13(7-10)23(24)25)20-4-5-21-14-11(16)6-9(8-22-14)15(17,18)19/h2-3,6-8,20H,4-5H2,1H3,(H,21,22). The molecular formula is C15H14ClF3N4O4S. The van der Waals surface area contributed by atoms with Crippen LogP contribution in [0.4, 0.5) is 30.4 Å². The second-order valence-electron chi connectivity index (χ2n) is 5.61. The van der Waals surface area contributed by atoms with Crippen molar-refractivity contribution >= 4 is 38.6 Å². The number of alkyl halides is 3. The van der Waals surface area contributed by atoms with E-state index in [0.717, 1.165) is 18.4 Å². The highest BCUT2D eigenvalue weighted by Crippen LogP contribution is 2.32. The molecule has 13 heteroatoms. The van der Waals surface area contributed by atoms with E-state index in [9.17, 15) is 31.7 Å². The Morgan fingerprint density at radius 1 is 1.21 bits per heavy atom. The number of nitrogens with zero attached hydrogens (tertiary/aromatic N) is 2. The number of benzene rings is 1. The van der Waals surface area contributed by atoms with Crippen LogP contribution in [0, 0.1) is 10.1 Å². The first-order chi connectivity index (χ1) is 12.9. The normalized spacial score (nSPS) is 11.9. The highest BCUT2D eigenvalue weighted by molar-refractivity contribution is 7.90. The van der Waals surface area contributed by atoms with Crippen LogP contribution in [-0.4, -0.2) is 37.7 Å². The van der Waals surface area contributed by atoms with Crippen LogP contribution in [0.15, 0.2) is 35.4 Å². The van der Waals surface area contributed by atoms with Crippen molar-refractivity contribution in [1.29, 1.82) is 0 Å². The van der Waals surface area contributed by atoms with Crippen molar-refractivity contribution in [3.05, 3.63) is 51.2 Å². The number of nitro groups is 1. The number of rotatable bonds is 7. The molecule has 2 aromatic rings. The zero-order chi connectivity index (χ0) is 21.1. The van der Waals surface area contributed by atoms with Crippen LogP contribution in [0.25, 0.3) is 0 Å². The van der Waals surface area contributed by atoms with Crippen LogP contribution in [0.1, 0.15) is 5.56 Å². The minimum atomic E-state index is -4.56. The van der Waals surface area contributed by atoms with Gasteiger partial charge in [0.1, 0.15) is 11.5 Å². The van der Waals surface area contributed by atoms with Gasteiger partial charge in [-0.05, 0) is 18.2 Å². The zero-order valence-electron chi connectivity index (χ0n) is 14.2. The summed E-state index contributed by atoms with van der Waals surface area (Å²) in [6.07, 6.45) is -2.99. The smallest absolute Gasteiger partial charge is 0.378 e. The molecule has 1 aromatic heterocycles. The van der Waals surface area contributed by atoms with E-state index in [2.05, 4.69) is 15.6 Å². The Balaban J connectivity index is 2.03. The van der Waals surface area contributed by atoms with Crippen molar-refractivity contribution < 1.29 is 26.5 Å². The molecule has 8 nitrogen and oxygen atoms in total. The van der Waals surface area contributed by atoms with Crippen molar-refractivity contribution in [1.82, 2.24) is 4.98 Å². The molecule has 1 aromatic carbocycles. The van der Waals surface area contributed by atoms with Crippen LogP contribution >= 0.6 is 11.6 Å². The molecule has 0 aliphatic carbocycles. The second-order valence-corrected chi connectivity index (χ2v) is 8.04. The van der Waals surface area contributed by atoms with Gasteiger partial charge >= 0.3 is 6.18 Å². The Bertz CT molecular complexity index is 999. The molecule has 0 atom stereocenters. The first-order valence-corrected chi connectivity index (χ1v) is 9.85. The summed E-state index contributed by atoms with van der Waals surface area (Å²) < 4.78 is 60.8. The van der Waals surface area contributed by atoms with Crippen molar-refractivity contribution in [3.8, 4) is 0 Å². The van der Waals surface area contributed by atoms with Crippen LogP contribution in [0.5, 0.6) is 0 Å². The molecule has 28 heavy (non-hydrogen) atoms. The lowest BCUT2D eigenvalue weighted by molar-refractivity contribution is -0.384. The first kappa shape index (κ1) is 21.7. The molecule has 0 saturated carbocycles. The third-order valence-corrected chi connectivity index (χ3v) is 4.89. The van der Waals surface area contributed by atoms with Gasteiger partial charge < -0.3 is 10.6 Å². The third-order valence-electron chi connectivity index (χ3n) is 3.50. The number of anilines is 2. The Morgan fingerprint density at radius 2 is 1.86 bits per heavy atom. The Labute approximate surface area is 162 Å². The van der Waals surface area contributed by atoms with E-state index >= 15 is 0 Å². The monoisotopic (exact) mass is 438 g/mol. The summed E-state index contributed by atoms with van der Waals surface area (Å²) in [5.41, 5.74) is -1.32. The van der Waals surface area contributed by atoms with Gasteiger partial charge in [0.15, 0.2) is 9.84 Å². The number of hydrogen-bond acceptors (Lipinski definition) is 7. The van der Waals surface area contributed by atoms with Crippen molar-refractivity contribution in [2.45, 2.75) is 11.1 Å². The lowest BCUT2D eigenvalue weighted by atomic mass is 10.2. The van der Waals surface area contributed by atoms with Crippen LogP contribution < -0.4 is 10.6 Å². The molecule has 2 rings (SSSR count). The molecule has 0 bridgehead atoms. The van der Waals surface area contributed by atoms with Gasteiger partial charge in [-0.3, -0.25) is 10.1 Å². The molecule has 0 amide bonds. The maximum Gasteiger partial charge on any atom is 0.417 e.